The molecule has 1 aromatic rings. The molecule has 2 heterocycles. The molecule has 2 fully saturated rings. The highest BCUT2D eigenvalue weighted by atomic mass is 19.1. The fraction of sp³-hybridized carbons (Fsp3) is 0.750. The van der Waals surface area contributed by atoms with E-state index in [4.69, 9.17) is 0 Å². The topological polar surface area (TPSA) is 32.3 Å². The molecule has 0 bridgehead atoms. The molecule has 1 saturated carbocycles. The Kier molecular flexibility index (Phi) is 4.11. The van der Waals surface area contributed by atoms with Crippen molar-refractivity contribution in [2.45, 2.75) is 44.6 Å². The third kappa shape index (κ3) is 3.18. The van der Waals surface area contributed by atoms with Gasteiger partial charge < -0.3 is 9.80 Å². The fourth-order valence-corrected chi connectivity index (χ4v) is 3.88. The zero-order chi connectivity index (χ0) is 14.9. The summed E-state index contributed by atoms with van der Waals surface area (Å²) in [7, 11) is 4.38. The summed E-state index contributed by atoms with van der Waals surface area (Å²) < 4.78 is 12.9. The van der Waals surface area contributed by atoms with E-state index in [0.29, 0.717) is 11.4 Å². The Morgan fingerprint density at radius 3 is 2.19 bits per heavy atom. The number of anilines is 1. The van der Waals surface area contributed by atoms with E-state index in [0.717, 1.165) is 19.1 Å². The third-order valence-electron chi connectivity index (χ3n) is 5.46. The molecule has 5 heteroatoms. The van der Waals surface area contributed by atoms with Crippen LogP contribution in [-0.2, 0) is 0 Å². The number of aromatic nitrogens is 2. The molecule has 0 unspecified atom stereocenters. The molecule has 2 aliphatic rings. The first-order chi connectivity index (χ1) is 10.1. The molecule has 1 aromatic heterocycles. The summed E-state index contributed by atoms with van der Waals surface area (Å²) in [5.74, 6) is 0.308. The largest absolute Gasteiger partial charge is 0.341 e. The Labute approximate surface area is 126 Å². The van der Waals surface area contributed by atoms with Crippen LogP contribution in [0.2, 0.25) is 0 Å². The van der Waals surface area contributed by atoms with Crippen molar-refractivity contribution in [1.82, 2.24) is 14.9 Å². The van der Waals surface area contributed by atoms with Gasteiger partial charge in [-0.25, -0.2) is 14.4 Å². The van der Waals surface area contributed by atoms with Crippen molar-refractivity contribution < 1.29 is 4.39 Å². The molecular weight excluding hydrogens is 267 g/mol. The SMILES string of the molecule is CN(C)C1CCC2(CC1)CCN(c1ncc(F)cn1)CC2. The van der Waals surface area contributed by atoms with Crippen LogP contribution in [0.3, 0.4) is 0 Å². The van der Waals surface area contributed by atoms with Crippen molar-refractivity contribution in [3.05, 3.63) is 18.2 Å². The number of nitrogens with zero attached hydrogens (tertiary/aromatic N) is 4. The van der Waals surface area contributed by atoms with E-state index < -0.39 is 0 Å². The Bertz CT molecular complexity index is 456. The lowest BCUT2D eigenvalue weighted by molar-refractivity contribution is 0.0920. The first-order valence-corrected chi connectivity index (χ1v) is 7.97. The second kappa shape index (κ2) is 5.87. The zero-order valence-corrected chi connectivity index (χ0v) is 13.1. The molecule has 1 aliphatic heterocycles. The summed E-state index contributed by atoms with van der Waals surface area (Å²) in [4.78, 5) is 12.8. The van der Waals surface area contributed by atoms with Crippen LogP contribution in [0.1, 0.15) is 38.5 Å². The standard InChI is InChI=1S/C16H25FN4/c1-20(2)14-3-5-16(6-4-14)7-9-21(10-8-16)15-18-11-13(17)12-19-15/h11-12,14H,3-10H2,1-2H3. The van der Waals surface area contributed by atoms with Crippen molar-refractivity contribution in [1.29, 1.82) is 0 Å². The van der Waals surface area contributed by atoms with E-state index in [9.17, 15) is 4.39 Å². The van der Waals surface area contributed by atoms with E-state index in [1.54, 1.807) is 0 Å². The van der Waals surface area contributed by atoms with Crippen molar-refractivity contribution in [2.24, 2.45) is 5.41 Å². The highest BCUT2D eigenvalue weighted by molar-refractivity contribution is 5.29. The average Bonchev–Trinajstić information content (AvgIpc) is 2.50. The number of hydrogen-bond acceptors (Lipinski definition) is 4. The minimum Gasteiger partial charge on any atom is -0.341 e. The van der Waals surface area contributed by atoms with Crippen molar-refractivity contribution >= 4 is 5.95 Å². The van der Waals surface area contributed by atoms with Crippen LogP contribution >= 0.6 is 0 Å². The van der Waals surface area contributed by atoms with Crippen LogP contribution in [0, 0.1) is 11.2 Å². The van der Waals surface area contributed by atoms with Gasteiger partial charge in [-0.1, -0.05) is 0 Å². The summed E-state index contributed by atoms with van der Waals surface area (Å²) in [6.45, 7) is 2.00. The highest BCUT2D eigenvalue weighted by Crippen LogP contribution is 2.45. The lowest BCUT2D eigenvalue weighted by atomic mass is 9.67. The Hall–Kier alpha value is -1.23. The molecule has 3 rings (SSSR count). The molecule has 21 heavy (non-hydrogen) atoms. The van der Waals surface area contributed by atoms with E-state index in [2.05, 4.69) is 33.9 Å². The maximum absolute atomic E-state index is 12.9. The van der Waals surface area contributed by atoms with E-state index in [1.807, 2.05) is 0 Å². The maximum Gasteiger partial charge on any atom is 0.225 e. The van der Waals surface area contributed by atoms with Gasteiger partial charge in [-0.2, -0.15) is 0 Å². The van der Waals surface area contributed by atoms with Gasteiger partial charge in [0.05, 0.1) is 12.4 Å². The van der Waals surface area contributed by atoms with Crippen LogP contribution in [0.15, 0.2) is 12.4 Å². The van der Waals surface area contributed by atoms with E-state index in [1.165, 1.54) is 50.9 Å². The van der Waals surface area contributed by atoms with Crippen LogP contribution in [-0.4, -0.2) is 48.1 Å². The number of piperidine rings is 1. The molecule has 116 valence electrons. The lowest BCUT2D eigenvalue weighted by Crippen LogP contribution is -2.45. The molecule has 0 N–H and O–H groups in total. The van der Waals surface area contributed by atoms with Crippen LogP contribution < -0.4 is 4.90 Å². The van der Waals surface area contributed by atoms with Gasteiger partial charge in [0.25, 0.3) is 0 Å². The molecule has 1 saturated heterocycles. The summed E-state index contributed by atoms with van der Waals surface area (Å²) in [6.07, 6.45) is 10.3. The molecule has 0 aromatic carbocycles. The first-order valence-electron chi connectivity index (χ1n) is 7.97. The number of rotatable bonds is 2. The summed E-state index contributed by atoms with van der Waals surface area (Å²) in [5, 5.41) is 0. The van der Waals surface area contributed by atoms with Gasteiger partial charge in [-0.05, 0) is 58.0 Å². The zero-order valence-electron chi connectivity index (χ0n) is 13.1. The summed E-state index contributed by atoms with van der Waals surface area (Å²) >= 11 is 0. The minimum atomic E-state index is -0.366. The molecule has 0 atom stereocenters. The van der Waals surface area contributed by atoms with Gasteiger partial charge in [0.1, 0.15) is 0 Å². The van der Waals surface area contributed by atoms with E-state index >= 15 is 0 Å². The summed E-state index contributed by atoms with van der Waals surface area (Å²) in [6, 6.07) is 0.758. The quantitative estimate of drug-likeness (QED) is 0.839. The van der Waals surface area contributed by atoms with Gasteiger partial charge in [0, 0.05) is 19.1 Å². The van der Waals surface area contributed by atoms with Crippen molar-refractivity contribution in [3.63, 3.8) is 0 Å². The molecule has 1 aliphatic carbocycles. The highest BCUT2D eigenvalue weighted by Gasteiger charge is 2.38. The van der Waals surface area contributed by atoms with Crippen molar-refractivity contribution in [2.75, 3.05) is 32.1 Å². The van der Waals surface area contributed by atoms with Crippen molar-refractivity contribution in [3.8, 4) is 0 Å². The Morgan fingerprint density at radius 2 is 1.67 bits per heavy atom. The van der Waals surface area contributed by atoms with Gasteiger partial charge >= 0.3 is 0 Å². The van der Waals surface area contributed by atoms with Gasteiger partial charge in [-0.3, -0.25) is 0 Å². The van der Waals surface area contributed by atoms with E-state index in [-0.39, 0.29) is 5.82 Å². The van der Waals surface area contributed by atoms with Crippen LogP contribution in [0.4, 0.5) is 10.3 Å². The maximum atomic E-state index is 12.9. The Balaban J connectivity index is 1.57. The van der Waals surface area contributed by atoms with Gasteiger partial charge in [0.15, 0.2) is 5.82 Å². The number of hydrogen-bond donors (Lipinski definition) is 0. The third-order valence-corrected chi connectivity index (χ3v) is 5.46. The predicted molar refractivity (Wildman–Crippen MR) is 81.8 cm³/mol. The average molecular weight is 292 g/mol. The summed E-state index contributed by atoms with van der Waals surface area (Å²) in [5.41, 5.74) is 0.531. The monoisotopic (exact) mass is 292 g/mol. The normalized spacial score (nSPS) is 23.0. The minimum absolute atomic E-state index is 0.366. The molecule has 1 spiro atoms. The fourth-order valence-electron chi connectivity index (χ4n) is 3.88. The first kappa shape index (κ1) is 14.7. The molecule has 0 amide bonds. The Morgan fingerprint density at radius 1 is 1.10 bits per heavy atom. The second-order valence-corrected chi connectivity index (χ2v) is 6.88. The van der Waals surface area contributed by atoms with Gasteiger partial charge in [-0.15, -0.1) is 0 Å². The predicted octanol–water partition coefficient (Wildman–Crippen LogP) is 2.71. The van der Waals surface area contributed by atoms with Gasteiger partial charge in [0.2, 0.25) is 5.95 Å². The van der Waals surface area contributed by atoms with Crippen LogP contribution in [0.25, 0.3) is 0 Å². The second-order valence-electron chi connectivity index (χ2n) is 6.88. The molecule has 4 nitrogen and oxygen atoms in total. The molecule has 0 radical (unpaired) electrons. The lowest BCUT2D eigenvalue weighted by Gasteiger charge is -2.47. The smallest absolute Gasteiger partial charge is 0.225 e. The van der Waals surface area contributed by atoms with Crippen LogP contribution in [0.5, 0.6) is 0 Å². The number of halogens is 1. The molecular formula is C16H25FN4.